The normalized spacial score (nSPS) is 13.8. The number of rotatable bonds is 3. The maximum absolute atomic E-state index is 14.0. The summed E-state index contributed by atoms with van der Waals surface area (Å²) in [4.78, 5) is 12.1. The molecule has 0 amide bonds. The van der Waals surface area contributed by atoms with Crippen LogP contribution in [0.25, 0.3) is 11.1 Å². The van der Waals surface area contributed by atoms with Crippen LogP contribution < -0.4 is 0 Å². The third-order valence-corrected chi connectivity index (χ3v) is 3.54. The average Bonchev–Trinajstić information content (AvgIpc) is 3.32. The van der Waals surface area contributed by atoms with Gasteiger partial charge in [0.2, 0.25) is 0 Å². The lowest BCUT2D eigenvalue weighted by molar-refractivity contribution is 0.0967. The number of ketones is 1. The predicted molar refractivity (Wildman–Crippen MR) is 73.6 cm³/mol. The van der Waals surface area contributed by atoms with E-state index in [2.05, 4.69) is 6.07 Å². The molecule has 0 N–H and O–H groups in total. The molecule has 1 aliphatic carbocycles. The zero-order valence-corrected chi connectivity index (χ0v) is 10.8. The van der Waals surface area contributed by atoms with Crippen LogP contribution in [0.4, 0.5) is 4.39 Å². The Kier molecular flexibility index (Phi) is 3.08. The van der Waals surface area contributed by atoms with Gasteiger partial charge in [0.05, 0.1) is 11.6 Å². The fourth-order valence-corrected chi connectivity index (χ4v) is 2.28. The second-order valence-electron chi connectivity index (χ2n) is 4.99. The minimum absolute atomic E-state index is 0.0701. The van der Waals surface area contributed by atoms with Crippen molar-refractivity contribution in [3.05, 3.63) is 59.4 Å². The monoisotopic (exact) mass is 265 g/mol. The first-order chi connectivity index (χ1) is 9.70. The number of halogens is 1. The maximum atomic E-state index is 14.0. The van der Waals surface area contributed by atoms with Gasteiger partial charge in [-0.3, -0.25) is 4.79 Å². The summed E-state index contributed by atoms with van der Waals surface area (Å²) in [7, 11) is 0. The van der Waals surface area contributed by atoms with E-state index in [4.69, 9.17) is 5.26 Å². The van der Waals surface area contributed by atoms with Gasteiger partial charge in [-0.2, -0.15) is 5.26 Å². The largest absolute Gasteiger partial charge is 0.294 e. The quantitative estimate of drug-likeness (QED) is 0.788. The third kappa shape index (κ3) is 2.21. The van der Waals surface area contributed by atoms with E-state index in [1.165, 1.54) is 12.1 Å². The SMILES string of the molecule is N#Cc1ccccc1-c1cc(C(=O)C2CC2)ccc1F. The lowest BCUT2D eigenvalue weighted by Crippen LogP contribution is -2.02. The van der Waals surface area contributed by atoms with Crippen LogP contribution in [0.5, 0.6) is 0 Å². The Balaban J connectivity index is 2.11. The smallest absolute Gasteiger partial charge is 0.165 e. The van der Waals surface area contributed by atoms with Crippen molar-refractivity contribution in [1.29, 1.82) is 5.26 Å². The first kappa shape index (κ1) is 12.6. The molecule has 1 saturated carbocycles. The number of hydrogen-bond donors (Lipinski definition) is 0. The van der Waals surface area contributed by atoms with E-state index in [9.17, 15) is 9.18 Å². The summed E-state index contributed by atoms with van der Waals surface area (Å²) in [6.45, 7) is 0. The van der Waals surface area contributed by atoms with Gasteiger partial charge in [0.15, 0.2) is 5.78 Å². The van der Waals surface area contributed by atoms with Crippen molar-refractivity contribution in [2.45, 2.75) is 12.8 Å². The predicted octanol–water partition coefficient (Wildman–Crippen LogP) is 3.96. The van der Waals surface area contributed by atoms with Crippen LogP contribution in [-0.4, -0.2) is 5.78 Å². The van der Waals surface area contributed by atoms with Gasteiger partial charge < -0.3 is 0 Å². The zero-order valence-electron chi connectivity index (χ0n) is 10.8. The molecule has 0 aliphatic heterocycles. The second-order valence-corrected chi connectivity index (χ2v) is 4.99. The highest BCUT2D eigenvalue weighted by Crippen LogP contribution is 2.34. The van der Waals surface area contributed by atoms with Gasteiger partial charge in [-0.15, -0.1) is 0 Å². The number of Topliss-reactive ketones (excluding diaryl/α,β-unsaturated/α-hetero) is 1. The molecular weight excluding hydrogens is 253 g/mol. The van der Waals surface area contributed by atoms with Crippen LogP contribution >= 0.6 is 0 Å². The van der Waals surface area contributed by atoms with Gasteiger partial charge in [-0.25, -0.2) is 4.39 Å². The van der Waals surface area contributed by atoms with Gasteiger partial charge >= 0.3 is 0 Å². The van der Waals surface area contributed by atoms with Crippen LogP contribution in [0.3, 0.4) is 0 Å². The second kappa shape index (κ2) is 4.90. The molecule has 0 aromatic heterocycles. The number of benzene rings is 2. The highest BCUT2D eigenvalue weighted by atomic mass is 19.1. The molecule has 0 bridgehead atoms. The van der Waals surface area contributed by atoms with Gasteiger partial charge in [0.1, 0.15) is 5.82 Å². The Labute approximate surface area is 116 Å². The molecule has 0 heterocycles. The van der Waals surface area contributed by atoms with Gasteiger partial charge in [0.25, 0.3) is 0 Å². The molecule has 3 heteroatoms. The van der Waals surface area contributed by atoms with E-state index in [0.29, 0.717) is 22.3 Å². The molecular formula is C17H12FNO. The van der Waals surface area contributed by atoms with E-state index < -0.39 is 5.82 Å². The fourth-order valence-electron chi connectivity index (χ4n) is 2.28. The van der Waals surface area contributed by atoms with Crippen LogP contribution in [0.1, 0.15) is 28.8 Å². The number of nitriles is 1. The maximum Gasteiger partial charge on any atom is 0.165 e. The molecule has 20 heavy (non-hydrogen) atoms. The zero-order chi connectivity index (χ0) is 14.1. The van der Waals surface area contributed by atoms with Crippen LogP contribution in [0, 0.1) is 23.1 Å². The number of hydrogen-bond acceptors (Lipinski definition) is 2. The molecule has 0 unspecified atom stereocenters. The Morgan fingerprint density at radius 3 is 2.60 bits per heavy atom. The van der Waals surface area contributed by atoms with Crippen molar-refractivity contribution in [2.24, 2.45) is 5.92 Å². The summed E-state index contributed by atoms with van der Waals surface area (Å²) >= 11 is 0. The van der Waals surface area contributed by atoms with Crippen LogP contribution in [-0.2, 0) is 0 Å². The van der Waals surface area contributed by atoms with Crippen LogP contribution in [0.15, 0.2) is 42.5 Å². The van der Waals surface area contributed by atoms with Crippen molar-refractivity contribution in [1.82, 2.24) is 0 Å². The summed E-state index contributed by atoms with van der Waals surface area (Å²) in [5.41, 5.74) is 1.77. The van der Waals surface area contributed by atoms with Crippen molar-refractivity contribution in [3.63, 3.8) is 0 Å². The van der Waals surface area contributed by atoms with Crippen molar-refractivity contribution in [3.8, 4) is 17.2 Å². The minimum atomic E-state index is -0.417. The van der Waals surface area contributed by atoms with Crippen molar-refractivity contribution >= 4 is 5.78 Å². The summed E-state index contributed by atoms with van der Waals surface area (Å²) in [6, 6.07) is 13.3. The number of nitrogens with zero attached hydrogens (tertiary/aromatic N) is 1. The van der Waals surface area contributed by atoms with E-state index in [-0.39, 0.29) is 11.7 Å². The average molecular weight is 265 g/mol. The highest BCUT2D eigenvalue weighted by molar-refractivity contribution is 6.00. The van der Waals surface area contributed by atoms with E-state index in [1.54, 1.807) is 30.3 Å². The molecule has 2 nitrogen and oxygen atoms in total. The minimum Gasteiger partial charge on any atom is -0.294 e. The van der Waals surface area contributed by atoms with Gasteiger partial charge in [-0.1, -0.05) is 18.2 Å². The van der Waals surface area contributed by atoms with Crippen LogP contribution in [0.2, 0.25) is 0 Å². The van der Waals surface area contributed by atoms with Gasteiger partial charge in [0, 0.05) is 22.6 Å². The van der Waals surface area contributed by atoms with E-state index >= 15 is 0 Å². The Hall–Kier alpha value is -2.47. The molecule has 1 fully saturated rings. The summed E-state index contributed by atoms with van der Waals surface area (Å²) in [5.74, 6) is -0.250. The van der Waals surface area contributed by atoms with Crippen molar-refractivity contribution < 1.29 is 9.18 Å². The van der Waals surface area contributed by atoms with Gasteiger partial charge in [-0.05, 0) is 37.1 Å². The Bertz CT molecular complexity index is 726. The Morgan fingerprint density at radius 1 is 1.15 bits per heavy atom. The first-order valence-corrected chi connectivity index (χ1v) is 6.54. The summed E-state index contributed by atoms with van der Waals surface area (Å²) in [6.07, 6.45) is 1.83. The fraction of sp³-hybridized carbons (Fsp3) is 0.176. The van der Waals surface area contributed by atoms with Crippen molar-refractivity contribution in [2.75, 3.05) is 0 Å². The molecule has 2 aromatic carbocycles. The Morgan fingerprint density at radius 2 is 1.90 bits per heavy atom. The lowest BCUT2D eigenvalue weighted by atomic mass is 9.96. The number of carbonyl (C=O) groups excluding carboxylic acids is 1. The summed E-state index contributed by atoms with van der Waals surface area (Å²) < 4.78 is 14.0. The van der Waals surface area contributed by atoms with E-state index in [0.717, 1.165) is 12.8 Å². The molecule has 0 spiro atoms. The molecule has 0 saturated heterocycles. The third-order valence-electron chi connectivity index (χ3n) is 3.54. The molecule has 3 rings (SSSR count). The number of carbonyl (C=O) groups is 1. The highest BCUT2D eigenvalue weighted by Gasteiger charge is 2.30. The molecule has 1 aliphatic rings. The topological polar surface area (TPSA) is 40.9 Å². The summed E-state index contributed by atoms with van der Waals surface area (Å²) in [5, 5.41) is 9.11. The molecule has 0 radical (unpaired) electrons. The molecule has 0 atom stereocenters. The van der Waals surface area contributed by atoms with E-state index in [1.807, 2.05) is 0 Å². The standard InChI is InChI=1S/C17H12FNO/c18-16-8-7-12(17(20)11-5-6-11)9-15(16)14-4-2-1-3-13(14)10-19/h1-4,7-9,11H,5-6H2. The molecule has 2 aromatic rings. The lowest BCUT2D eigenvalue weighted by Gasteiger charge is -2.08. The first-order valence-electron chi connectivity index (χ1n) is 6.54. The molecule has 98 valence electrons.